The van der Waals surface area contributed by atoms with Crippen molar-refractivity contribution in [1.29, 1.82) is 0 Å². The lowest BCUT2D eigenvalue weighted by molar-refractivity contribution is 0.204. The SMILES string of the molecule is C=C/C=C\C(=C)C(=C)NCc1cccc(C2CCN(Cc3ccc(S)cc3)CC2)c1. The Labute approximate surface area is 187 Å². The minimum Gasteiger partial charge on any atom is -0.381 e. The molecule has 2 aromatic rings. The van der Waals surface area contributed by atoms with Crippen molar-refractivity contribution in [3.63, 3.8) is 0 Å². The first-order valence-corrected chi connectivity index (χ1v) is 11.0. The van der Waals surface area contributed by atoms with E-state index in [0.29, 0.717) is 5.92 Å². The maximum absolute atomic E-state index is 4.37. The van der Waals surface area contributed by atoms with E-state index >= 15 is 0 Å². The van der Waals surface area contributed by atoms with Gasteiger partial charge in [-0.15, -0.1) is 12.6 Å². The molecule has 1 saturated heterocycles. The molecule has 1 aliphatic heterocycles. The van der Waals surface area contributed by atoms with Crippen LogP contribution in [0.5, 0.6) is 0 Å². The summed E-state index contributed by atoms with van der Waals surface area (Å²) in [5.74, 6) is 0.634. The van der Waals surface area contributed by atoms with Crippen molar-refractivity contribution in [2.45, 2.75) is 36.7 Å². The number of hydrogen-bond donors (Lipinski definition) is 2. The third-order valence-electron chi connectivity index (χ3n) is 5.68. The van der Waals surface area contributed by atoms with Gasteiger partial charge >= 0.3 is 0 Å². The first-order valence-electron chi connectivity index (χ1n) is 10.6. The molecular weight excluding hydrogens is 384 g/mol. The average molecular weight is 417 g/mol. The Bertz CT molecular complexity index is 903. The summed E-state index contributed by atoms with van der Waals surface area (Å²) < 4.78 is 0. The van der Waals surface area contributed by atoms with Gasteiger partial charge in [0.05, 0.1) is 0 Å². The second-order valence-electron chi connectivity index (χ2n) is 7.91. The minimum atomic E-state index is 0.634. The average Bonchev–Trinajstić information content (AvgIpc) is 2.78. The predicted octanol–water partition coefficient (Wildman–Crippen LogP) is 6.26. The molecule has 0 bridgehead atoms. The minimum absolute atomic E-state index is 0.634. The van der Waals surface area contributed by atoms with E-state index in [1.54, 1.807) is 6.08 Å². The van der Waals surface area contributed by atoms with Gasteiger partial charge in [-0.1, -0.05) is 74.4 Å². The molecule has 2 aromatic carbocycles. The van der Waals surface area contributed by atoms with E-state index in [2.05, 4.69) is 91.1 Å². The van der Waals surface area contributed by atoms with Crippen LogP contribution in [0.3, 0.4) is 0 Å². The molecule has 3 heteroatoms. The zero-order valence-corrected chi connectivity index (χ0v) is 18.6. The molecule has 3 rings (SSSR count). The maximum atomic E-state index is 4.37. The van der Waals surface area contributed by atoms with E-state index in [0.717, 1.165) is 42.3 Å². The van der Waals surface area contributed by atoms with E-state index in [1.165, 1.54) is 29.5 Å². The van der Waals surface area contributed by atoms with E-state index in [4.69, 9.17) is 0 Å². The van der Waals surface area contributed by atoms with Gasteiger partial charge in [-0.2, -0.15) is 0 Å². The van der Waals surface area contributed by atoms with E-state index in [9.17, 15) is 0 Å². The Morgan fingerprint density at radius 2 is 1.80 bits per heavy atom. The number of nitrogens with zero attached hydrogens (tertiary/aromatic N) is 1. The van der Waals surface area contributed by atoms with Crippen molar-refractivity contribution in [2.75, 3.05) is 13.1 Å². The lowest BCUT2D eigenvalue weighted by Gasteiger charge is -2.32. The van der Waals surface area contributed by atoms with Gasteiger partial charge in [-0.3, -0.25) is 4.90 Å². The van der Waals surface area contributed by atoms with Crippen LogP contribution in [0.2, 0.25) is 0 Å². The van der Waals surface area contributed by atoms with Crippen LogP contribution in [0, 0.1) is 0 Å². The maximum Gasteiger partial charge on any atom is 0.0400 e. The Morgan fingerprint density at radius 3 is 2.50 bits per heavy atom. The zero-order valence-electron chi connectivity index (χ0n) is 17.7. The summed E-state index contributed by atoms with van der Waals surface area (Å²) in [5.41, 5.74) is 5.82. The van der Waals surface area contributed by atoms with Gasteiger partial charge in [-0.05, 0) is 66.2 Å². The van der Waals surface area contributed by atoms with Crippen LogP contribution in [-0.4, -0.2) is 18.0 Å². The van der Waals surface area contributed by atoms with Crippen LogP contribution < -0.4 is 5.32 Å². The van der Waals surface area contributed by atoms with Crippen molar-refractivity contribution < 1.29 is 0 Å². The Balaban J connectivity index is 1.51. The molecule has 0 aromatic heterocycles. The number of hydrogen-bond acceptors (Lipinski definition) is 3. The summed E-state index contributed by atoms with van der Waals surface area (Å²) >= 11 is 4.37. The molecule has 30 heavy (non-hydrogen) atoms. The van der Waals surface area contributed by atoms with Crippen molar-refractivity contribution in [1.82, 2.24) is 10.2 Å². The standard InChI is InChI=1S/C27H32N2S/c1-4-5-7-21(2)22(3)28-19-24-8-6-9-26(18-24)25-14-16-29(17-15-25)20-23-10-12-27(30)13-11-23/h4-13,18,25,28,30H,1-3,14-17,19-20H2/b7-5-. The topological polar surface area (TPSA) is 15.3 Å². The number of likely N-dealkylation sites (tertiary alicyclic amines) is 1. The molecule has 2 nitrogen and oxygen atoms in total. The fraction of sp³-hybridized carbons (Fsp3) is 0.259. The number of thiol groups is 1. The number of piperidine rings is 1. The Morgan fingerprint density at radius 1 is 1.07 bits per heavy atom. The molecule has 0 saturated carbocycles. The van der Waals surface area contributed by atoms with Crippen molar-refractivity contribution >= 4 is 12.6 Å². The molecule has 1 fully saturated rings. The third-order valence-corrected chi connectivity index (χ3v) is 5.98. The van der Waals surface area contributed by atoms with Crippen LogP contribution in [0.15, 0.2) is 103 Å². The van der Waals surface area contributed by atoms with Crippen LogP contribution in [0.1, 0.15) is 35.4 Å². The molecule has 1 N–H and O–H groups in total. The molecule has 0 spiro atoms. The van der Waals surface area contributed by atoms with Crippen molar-refractivity contribution in [3.05, 3.63) is 114 Å². The summed E-state index contributed by atoms with van der Waals surface area (Å²) in [6, 6.07) is 17.5. The molecule has 1 aliphatic rings. The van der Waals surface area contributed by atoms with Gasteiger partial charge in [0.25, 0.3) is 0 Å². The molecular formula is C27H32N2S. The Hall–Kier alpha value is -2.49. The predicted molar refractivity (Wildman–Crippen MR) is 132 cm³/mol. The van der Waals surface area contributed by atoms with Crippen molar-refractivity contribution in [3.8, 4) is 0 Å². The molecule has 1 heterocycles. The van der Waals surface area contributed by atoms with Crippen LogP contribution in [0.25, 0.3) is 0 Å². The van der Waals surface area contributed by atoms with Crippen molar-refractivity contribution in [2.24, 2.45) is 0 Å². The lowest BCUT2D eigenvalue weighted by Crippen LogP contribution is -2.32. The fourth-order valence-corrected chi connectivity index (χ4v) is 4.00. The first kappa shape index (κ1) is 22.2. The van der Waals surface area contributed by atoms with Gasteiger partial charge < -0.3 is 5.32 Å². The summed E-state index contributed by atoms with van der Waals surface area (Å²) in [5, 5.41) is 3.38. The monoisotopic (exact) mass is 416 g/mol. The summed E-state index contributed by atoms with van der Waals surface area (Å²) in [6.45, 7) is 15.9. The molecule has 156 valence electrons. The largest absolute Gasteiger partial charge is 0.381 e. The van der Waals surface area contributed by atoms with E-state index in [-0.39, 0.29) is 0 Å². The highest BCUT2D eigenvalue weighted by Crippen LogP contribution is 2.29. The van der Waals surface area contributed by atoms with Gasteiger partial charge in [0.2, 0.25) is 0 Å². The highest BCUT2D eigenvalue weighted by atomic mass is 32.1. The smallest absolute Gasteiger partial charge is 0.0400 e. The van der Waals surface area contributed by atoms with Gasteiger partial charge in [0.1, 0.15) is 0 Å². The fourth-order valence-electron chi connectivity index (χ4n) is 3.85. The molecule has 0 radical (unpaired) electrons. The van der Waals surface area contributed by atoms with Crippen LogP contribution >= 0.6 is 12.6 Å². The second kappa shape index (κ2) is 11.1. The van der Waals surface area contributed by atoms with Gasteiger partial charge in [0.15, 0.2) is 0 Å². The van der Waals surface area contributed by atoms with Crippen LogP contribution in [-0.2, 0) is 13.1 Å². The molecule has 0 aliphatic carbocycles. The van der Waals surface area contributed by atoms with Gasteiger partial charge in [0, 0.05) is 23.7 Å². The molecule has 0 amide bonds. The normalized spacial score (nSPS) is 15.2. The second-order valence-corrected chi connectivity index (χ2v) is 8.43. The number of benzene rings is 2. The Kier molecular flexibility index (Phi) is 8.18. The molecule has 0 atom stereocenters. The zero-order chi connectivity index (χ0) is 21.3. The number of nitrogens with one attached hydrogen (secondary N) is 1. The first-order chi connectivity index (χ1) is 14.5. The lowest BCUT2D eigenvalue weighted by atomic mass is 9.88. The quantitative estimate of drug-likeness (QED) is 0.371. The van der Waals surface area contributed by atoms with Crippen LogP contribution in [0.4, 0.5) is 0 Å². The van der Waals surface area contributed by atoms with E-state index in [1.807, 2.05) is 12.2 Å². The summed E-state index contributed by atoms with van der Waals surface area (Å²) in [4.78, 5) is 3.58. The summed E-state index contributed by atoms with van der Waals surface area (Å²) in [6.07, 6.45) is 7.94. The molecule has 0 unspecified atom stereocenters. The third kappa shape index (κ3) is 6.51. The van der Waals surface area contributed by atoms with E-state index < -0.39 is 0 Å². The van der Waals surface area contributed by atoms with Gasteiger partial charge in [-0.25, -0.2) is 0 Å². The summed E-state index contributed by atoms with van der Waals surface area (Å²) in [7, 11) is 0. The number of rotatable bonds is 9. The highest BCUT2D eigenvalue weighted by Gasteiger charge is 2.20. The number of allylic oxidation sites excluding steroid dienone is 3. The highest BCUT2D eigenvalue weighted by molar-refractivity contribution is 7.80.